The fourth-order valence-electron chi connectivity index (χ4n) is 2.69. The number of aromatic nitrogens is 2. The molecule has 0 fully saturated rings. The van der Waals surface area contributed by atoms with Gasteiger partial charge in [0.25, 0.3) is 5.91 Å². The molecule has 1 aliphatic rings. The summed E-state index contributed by atoms with van der Waals surface area (Å²) in [6.07, 6.45) is 0. The van der Waals surface area contributed by atoms with E-state index in [0.29, 0.717) is 30.4 Å². The van der Waals surface area contributed by atoms with Gasteiger partial charge in [-0.2, -0.15) is 5.10 Å². The zero-order valence-corrected chi connectivity index (χ0v) is 16.1. The highest BCUT2D eigenvalue weighted by molar-refractivity contribution is 8.00. The Bertz CT molecular complexity index is 1020. The Morgan fingerprint density at radius 3 is 2.62 bits per heavy atom. The van der Waals surface area contributed by atoms with Crippen LogP contribution in [0.3, 0.4) is 0 Å². The molecule has 3 N–H and O–H groups in total. The van der Waals surface area contributed by atoms with Crippen LogP contribution in [0.4, 0.5) is 0 Å². The number of carbonyl (C=O) groups is 2. The van der Waals surface area contributed by atoms with Gasteiger partial charge < -0.3 is 9.47 Å². The molecule has 8 nitrogen and oxygen atoms in total. The fraction of sp³-hybridized carbons (Fsp3) is 0.150. The maximum atomic E-state index is 12.2. The monoisotopic (exact) mass is 410 g/mol. The summed E-state index contributed by atoms with van der Waals surface area (Å²) in [5.74, 6) is 0.701. The standard InChI is InChI=1S/C20H18N4O4S/c25-19(12-29-14-6-7-17-18(10-14)28-9-8-27-17)23-24-20(26)16-11-15(21-22-16)13-4-2-1-3-5-13/h1-7,10-11H,8-9,12H2,(H,21,22)(H,23,25)(H,24,26). The number of fused-ring (bicyclic) bond motifs is 1. The van der Waals surface area contributed by atoms with Crippen LogP contribution in [0.1, 0.15) is 10.5 Å². The van der Waals surface area contributed by atoms with E-state index in [9.17, 15) is 9.59 Å². The molecule has 0 radical (unpaired) electrons. The van der Waals surface area contributed by atoms with Crippen LogP contribution in [0.5, 0.6) is 11.5 Å². The van der Waals surface area contributed by atoms with Gasteiger partial charge in [0.15, 0.2) is 11.5 Å². The molecule has 1 aliphatic heterocycles. The van der Waals surface area contributed by atoms with Gasteiger partial charge in [-0.3, -0.25) is 25.5 Å². The number of hydrogen-bond acceptors (Lipinski definition) is 6. The Balaban J connectivity index is 1.26. The highest BCUT2D eigenvalue weighted by Crippen LogP contribution is 2.34. The first-order chi connectivity index (χ1) is 14.2. The number of ether oxygens (including phenoxy) is 2. The summed E-state index contributed by atoms with van der Waals surface area (Å²) in [4.78, 5) is 25.1. The number of hydrogen-bond donors (Lipinski definition) is 3. The van der Waals surface area contributed by atoms with Crippen molar-refractivity contribution in [1.82, 2.24) is 21.0 Å². The molecule has 4 rings (SSSR count). The molecule has 0 bridgehead atoms. The predicted octanol–water partition coefficient (Wildman–Crippen LogP) is 2.40. The molecule has 29 heavy (non-hydrogen) atoms. The van der Waals surface area contributed by atoms with Gasteiger partial charge >= 0.3 is 0 Å². The van der Waals surface area contributed by atoms with E-state index in [-0.39, 0.29) is 17.4 Å². The van der Waals surface area contributed by atoms with Crippen LogP contribution in [0.15, 0.2) is 59.5 Å². The van der Waals surface area contributed by atoms with Gasteiger partial charge in [-0.25, -0.2) is 0 Å². The maximum absolute atomic E-state index is 12.2. The van der Waals surface area contributed by atoms with Crippen LogP contribution in [-0.2, 0) is 4.79 Å². The molecule has 0 atom stereocenters. The minimum atomic E-state index is -0.475. The van der Waals surface area contributed by atoms with Gasteiger partial charge in [-0.15, -0.1) is 11.8 Å². The number of aromatic amines is 1. The minimum absolute atomic E-state index is 0.137. The Kier molecular flexibility index (Phi) is 5.66. The van der Waals surface area contributed by atoms with Crippen molar-refractivity contribution in [1.29, 1.82) is 0 Å². The molecule has 2 aromatic carbocycles. The zero-order valence-electron chi connectivity index (χ0n) is 15.3. The van der Waals surface area contributed by atoms with Crippen LogP contribution in [0, 0.1) is 0 Å². The minimum Gasteiger partial charge on any atom is -0.486 e. The Morgan fingerprint density at radius 2 is 1.79 bits per heavy atom. The molecule has 2 heterocycles. The van der Waals surface area contributed by atoms with Crippen molar-refractivity contribution in [3.05, 3.63) is 60.3 Å². The average Bonchev–Trinajstić information content (AvgIpc) is 3.27. The van der Waals surface area contributed by atoms with E-state index in [4.69, 9.17) is 9.47 Å². The van der Waals surface area contributed by atoms with Crippen molar-refractivity contribution in [3.63, 3.8) is 0 Å². The lowest BCUT2D eigenvalue weighted by Gasteiger charge is -2.18. The Morgan fingerprint density at radius 1 is 1.00 bits per heavy atom. The van der Waals surface area contributed by atoms with Crippen molar-refractivity contribution >= 4 is 23.6 Å². The number of nitrogens with one attached hydrogen (secondary N) is 3. The van der Waals surface area contributed by atoms with Crippen LogP contribution in [-0.4, -0.2) is 41.0 Å². The van der Waals surface area contributed by atoms with Gasteiger partial charge in [0.05, 0.1) is 11.4 Å². The first kappa shape index (κ1) is 18.9. The van der Waals surface area contributed by atoms with Crippen LogP contribution in [0.2, 0.25) is 0 Å². The smallest absolute Gasteiger partial charge is 0.287 e. The molecule has 9 heteroatoms. The van der Waals surface area contributed by atoms with Gasteiger partial charge in [-0.1, -0.05) is 30.3 Å². The maximum Gasteiger partial charge on any atom is 0.287 e. The van der Waals surface area contributed by atoms with Gasteiger partial charge in [0.2, 0.25) is 5.91 Å². The molecule has 2 amide bonds. The third-order valence-corrected chi connectivity index (χ3v) is 5.08. The van der Waals surface area contributed by atoms with E-state index in [2.05, 4.69) is 21.0 Å². The van der Waals surface area contributed by atoms with Crippen LogP contribution in [0.25, 0.3) is 11.3 Å². The van der Waals surface area contributed by atoms with Gasteiger partial charge in [-0.05, 0) is 24.3 Å². The molecule has 1 aromatic heterocycles. The summed E-state index contributed by atoms with van der Waals surface area (Å²) in [5, 5.41) is 6.79. The number of amides is 2. The first-order valence-corrected chi connectivity index (χ1v) is 9.90. The van der Waals surface area contributed by atoms with Crippen molar-refractivity contribution < 1.29 is 19.1 Å². The van der Waals surface area contributed by atoms with E-state index in [1.54, 1.807) is 6.07 Å². The third kappa shape index (κ3) is 4.69. The summed E-state index contributed by atoms with van der Waals surface area (Å²) < 4.78 is 11.0. The first-order valence-electron chi connectivity index (χ1n) is 8.91. The molecular weight excluding hydrogens is 392 g/mol. The fourth-order valence-corrected chi connectivity index (χ4v) is 3.41. The number of hydrazine groups is 1. The second-order valence-corrected chi connectivity index (χ2v) is 7.18. The van der Waals surface area contributed by atoms with Gasteiger partial charge in [0, 0.05) is 10.5 Å². The zero-order chi connectivity index (χ0) is 20.1. The molecule has 148 valence electrons. The van der Waals surface area contributed by atoms with Gasteiger partial charge in [0.1, 0.15) is 18.9 Å². The number of carbonyl (C=O) groups excluding carboxylic acids is 2. The number of thioether (sulfide) groups is 1. The molecular formula is C20H18N4O4S. The summed E-state index contributed by atoms with van der Waals surface area (Å²) in [7, 11) is 0. The number of benzene rings is 2. The summed E-state index contributed by atoms with van der Waals surface area (Å²) in [5.41, 5.74) is 6.58. The molecule has 0 saturated heterocycles. The highest BCUT2D eigenvalue weighted by Gasteiger charge is 2.14. The lowest BCUT2D eigenvalue weighted by Crippen LogP contribution is -2.42. The van der Waals surface area contributed by atoms with E-state index in [0.717, 1.165) is 10.5 Å². The average molecular weight is 410 g/mol. The van der Waals surface area contributed by atoms with Crippen molar-refractivity contribution in [2.24, 2.45) is 0 Å². The second-order valence-electron chi connectivity index (χ2n) is 6.13. The topological polar surface area (TPSA) is 105 Å². The molecule has 0 unspecified atom stereocenters. The summed E-state index contributed by atoms with van der Waals surface area (Å²) >= 11 is 1.33. The lowest BCUT2D eigenvalue weighted by atomic mass is 10.1. The normalized spacial score (nSPS) is 12.3. The molecule has 0 spiro atoms. The summed E-state index contributed by atoms with van der Waals surface area (Å²) in [6, 6.07) is 16.6. The van der Waals surface area contributed by atoms with Crippen molar-refractivity contribution in [2.75, 3.05) is 19.0 Å². The van der Waals surface area contributed by atoms with E-state index in [1.165, 1.54) is 11.8 Å². The van der Waals surface area contributed by atoms with Crippen molar-refractivity contribution in [3.8, 4) is 22.8 Å². The SMILES string of the molecule is O=C(CSc1ccc2c(c1)OCCO2)NNC(=O)c1cc(-c2ccccc2)n[nH]1. The highest BCUT2D eigenvalue weighted by atomic mass is 32.2. The largest absolute Gasteiger partial charge is 0.486 e. The predicted molar refractivity (Wildman–Crippen MR) is 108 cm³/mol. The van der Waals surface area contributed by atoms with Crippen LogP contribution >= 0.6 is 11.8 Å². The lowest BCUT2D eigenvalue weighted by molar-refractivity contribution is -0.119. The molecule has 0 saturated carbocycles. The third-order valence-electron chi connectivity index (χ3n) is 4.09. The van der Waals surface area contributed by atoms with E-state index >= 15 is 0 Å². The quantitative estimate of drug-likeness (QED) is 0.441. The molecule has 0 aliphatic carbocycles. The number of rotatable bonds is 5. The Hall–Kier alpha value is -3.46. The Labute approximate surface area is 171 Å². The van der Waals surface area contributed by atoms with Crippen LogP contribution < -0.4 is 20.3 Å². The number of nitrogens with zero attached hydrogens (tertiary/aromatic N) is 1. The second kappa shape index (κ2) is 8.70. The van der Waals surface area contributed by atoms with E-state index in [1.807, 2.05) is 48.5 Å². The van der Waals surface area contributed by atoms with Crippen molar-refractivity contribution in [2.45, 2.75) is 4.90 Å². The molecule has 3 aromatic rings. The summed E-state index contributed by atoms with van der Waals surface area (Å²) in [6.45, 7) is 1.04. The number of H-pyrrole nitrogens is 1. The van der Waals surface area contributed by atoms with E-state index < -0.39 is 5.91 Å².